The maximum Gasteiger partial charge on any atom is 0.194 e. The van der Waals surface area contributed by atoms with Gasteiger partial charge >= 0.3 is 0 Å². The number of hydrogen-bond acceptors (Lipinski definition) is 4. The third-order valence-electron chi connectivity index (χ3n) is 5.26. The largest absolute Gasteiger partial charge is 0.370 e. The van der Waals surface area contributed by atoms with E-state index >= 15 is 0 Å². The molecule has 2 N–H and O–H groups in total. The van der Waals surface area contributed by atoms with E-state index in [1.54, 1.807) is 0 Å². The second-order valence-corrected chi connectivity index (χ2v) is 7.37. The Morgan fingerprint density at radius 1 is 1.26 bits per heavy atom. The van der Waals surface area contributed by atoms with E-state index in [2.05, 4.69) is 75.6 Å². The molecule has 4 rings (SSSR count). The number of rotatable bonds is 5. The zero-order chi connectivity index (χ0) is 20.8. The van der Waals surface area contributed by atoms with Gasteiger partial charge in [0.05, 0.1) is 19.7 Å². The molecule has 1 unspecified atom stereocenters. The van der Waals surface area contributed by atoms with E-state index in [9.17, 15) is 0 Å². The molecule has 31 heavy (non-hydrogen) atoms. The SMILES string of the molecule is CCNC(=NCc1cccc(-c2ncn[nH]2)c1)N1CCOC(c2ccccc2C)C1.I. The number of guanidine groups is 1. The molecule has 8 heteroatoms. The van der Waals surface area contributed by atoms with Crippen LogP contribution in [0.1, 0.15) is 29.7 Å². The van der Waals surface area contributed by atoms with E-state index in [1.165, 1.54) is 17.5 Å². The molecule has 1 saturated heterocycles. The maximum atomic E-state index is 6.08. The fraction of sp³-hybridized carbons (Fsp3) is 0.348. The third kappa shape index (κ3) is 5.82. The molecule has 1 atom stereocenters. The zero-order valence-electron chi connectivity index (χ0n) is 17.9. The number of aromatic nitrogens is 3. The van der Waals surface area contributed by atoms with E-state index < -0.39 is 0 Å². The average Bonchev–Trinajstić information content (AvgIpc) is 3.32. The number of H-pyrrole nitrogens is 1. The van der Waals surface area contributed by atoms with E-state index in [-0.39, 0.29) is 30.1 Å². The van der Waals surface area contributed by atoms with Gasteiger partial charge in [-0.15, -0.1) is 24.0 Å². The molecule has 0 aliphatic carbocycles. The van der Waals surface area contributed by atoms with Crippen LogP contribution in [0.5, 0.6) is 0 Å². The molecule has 164 valence electrons. The summed E-state index contributed by atoms with van der Waals surface area (Å²) in [4.78, 5) is 11.4. The summed E-state index contributed by atoms with van der Waals surface area (Å²) in [6.07, 6.45) is 1.57. The quantitative estimate of drug-likeness (QED) is 0.296. The number of halogens is 1. The first kappa shape index (κ1) is 23.2. The van der Waals surface area contributed by atoms with Crippen molar-refractivity contribution in [3.8, 4) is 11.4 Å². The molecule has 0 radical (unpaired) electrons. The Morgan fingerprint density at radius 2 is 2.13 bits per heavy atom. The number of hydrogen-bond donors (Lipinski definition) is 2. The van der Waals surface area contributed by atoms with Gasteiger partial charge in [0.1, 0.15) is 12.4 Å². The van der Waals surface area contributed by atoms with Crippen LogP contribution in [0.2, 0.25) is 0 Å². The highest BCUT2D eigenvalue weighted by atomic mass is 127. The lowest BCUT2D eigenvalue weighted by Crippen LogP contribution is -2.48. The van der Waals surface area contributed by atoms with E-state index in [1.807, 2.05) is 12.1 Å². The Balaban J connectivity index is 0.00000272. The van der Waals surface area contributed by atoms with Gasteiger partial charge in [0.15, 0.2) is 11.8 Å². The Morgan fingerprint density at radius 3 is 2.90 bits per heavy atom. The van der Waals surface area contributed by atoms with Crippen molar-refractivity contribution < 1.29 is 4.74 Å². The lowest BCUT2D eigenvalue weighted by molar-refractivity contribution is -0.00834. The van der Waals surface area contributed by atoms with Crippen LogP contribution in [0.25, 0.3) is 11.4 Å². The number of aromatic amines is 1. The van der Waals surface area contributed by atoms with Gasteiger partial charge in [-0.25, -0.2) is 9.98 Å². The van der Waals surface area contributed by atoms with E-state index in [0.717, 1.165) is 42.5 Å². The number of benzene rings is 2. The van der Waals surface area contributed by atoms with Crippen molar-refractivity contribution in [1.82, 2.24) is 25.4 Å². The van der Waals surface area contributed by atoms with Crippen LogP contribution in [-0.2, 0) is 11.3 Å². The minimum Gasteiger partial charge on any atom is -0.370 e. The van der Waals surface area contributed by atoms with Crippen molar-refractivity contribution in [3.05, 3.63) is 71.5 Å². The van der Waals surface area contributed by atoms with Crippen molar-refractivity contribution in [2.45, 2.75) is 26.5 Å². The molecule has 7 nitrogen and oxygen atoms in total. The molecule has 0 spiro atoms. The summed E-state index contributed by atoms with van der Waals surface area (Å²) in [7, 11) is 0. The van der Waals surface area contributed by atoms with Gasteiger partial charge in [-0.05, 0) is 36.6 Å². The maximum absolute atomic E-state index is 6.08. The Bertz CT molecular complexity index is 991. The van der Waals surface area contributed by atoms with Gasteiger partial charge in [-0.1, -0.05) is 42.5 Å². The van der Waals surface area contributed by atoms with E-state index in [4.69, 9.17) is 9.73 Å². The highest BCUT2D eigenvalue weighted by molar-refractivity contribution is 14.0. The molecular formula is C23H29IN6O. The first-order chi connectivity index (χ1) is 14.7. The van der Waals surface area contributed by atoms with Crippen molar-refractivity contribution in [2.75, 3.05) is 26.2 Å². The van der Waals surface area contributed by atoms with Gasteiger partial charge in [0.2, 0.25) is 0 Å². The minimum atomic E-state index is 0. The Hall–Kier alpha value is -2.46. The summed E-state index contributed by atoms with van der Waals surface area (Å²) >= 11 is 0. The second-order valence-electron chi connectivity index (χ2n) is 7.37. The van der Waals surface area contributed by atoms with Crippen LogP contribution in [0.3, 0.4) is 0 Å². The Kier molecular flexibility index (Phi) is 8.42. The molecule has 1 fully saturated rings. The molecule has 1 aliphatic heterocycles. The summed E-state index contributed by atoms with van der Waals surface area (Å²) < 4.78 is 6.08. The molecule has 1 aromatic heterocycles. The molecule has 3 aromatic rings. The first-order valence-corrected chi connectivity index (χ1v) is 10.4. The normalized spacial score (nSPS) is 16.6. The van der Waals surface area contributed by atoms with Gasteiger partial charge in [-0.3, -0.25) is 5.10 Å². The predicted octanol–water partition coefficient (Wildman–Crippen LogP) is 3.94. The minimum absolute atomic E-state index is 0. The third-order valence-corrected chi connectivity index (χ3v) is 5.26. The van der Waals surface area contributed by atoms with Crippen LogP contribution < -0.4 is 5.32 Å². The fourth-order valence-corrected chi connectivity index (χ4v) is 3.73. The smallest absolute Gasteiger partial charge is 0.194 e. The number of morpholine rings is 1. The molecule has 1 aliphatic rings. The topological polar surface area (TPSA) is 78.4 Å². The van der Waals surface area contributed by atoms with Gasteiger partial charge in [0.25, 0.3) is 0 Å². The number of aliphatic imine (C=N–C) groups is 1. The molecule has 0 saturated carbocycles. The summed E-state index contributed by atoms with van der Waals surface area (Å²) in [5.41, 5.74) is 4.65. The van der Waals surface area contributed by atoms with Crippen molar-refractivity contribution >= 4 is 29.9 Å². The van der Waals surface area contributed by atoms with Gasteiger partial charge < -0.3 is 15.0 Å². The van der Waals surface area contributed by atoms with E-state index in [0.29, 0.717) is 13.2 Å². The monoisotopic (exact) mass is 532 g/mol. The van der Waals surface area contributed by atoms with Crippen LogP contribution in [0, 0.1) is 6.92 Å². The van der Waals surface area contributed by atoms with Crippen LogP contribution >= 0.6 is 24.0 Å². The van der Waals surface area contributed by atoms with Gasteiger partial charge in [0, 0.05) is 18.7 Å². The van der Waals surface area contributed by atoms with Crippen LogP contribution in [0.15, 0.2) is 59.9 Å². The van der Waals surface area contributed by atoms with Crippen molar-refractivity contribution in [2.24, 2.45) is 4.99 Å². The highest BCUT2D eigenvalue weighted by Crippen LogP contribution is 2.25. The summed E-state index contributed by atoms with van der Waals surface area (Å²) in [5, 5.41) is 10.3. The molecule has 2 aromatic carbocycles. The highest BCUT2D eigenvalue weighted by Gasteiger charge is 2.25. The number of aryl methyl sites for hydroxylation is 1. The number of nitrogens with one attached hydrogen (secondary N) is 2. The summed E-state index contributed by atoms with van der Waals surface area (Å²) in [5.74, 6) is 1.69. The fourth-order valence-electron chi connectivity index (χ4n) is 3.73. The standard InChI is InChI=1S/C23H28N6O.HI/c1-3-24-23(25-14-18-8-6-9-19(13-18)22-26-16-27-28-22)29-11-12-30-21(15-29)20-10-5-4-7-17(20)2;/h4-10,13,16,21H,3,11-12,14-15H2,1-2H3,(H,24,25)(H,26,27,28);1H. The number of nitrogens with zero attached hydrogens (tertiary/aromatic N) is 4. The number of ether oxygens (including phenoxy) is 1. The second kappa shape index (κ2) is 11.2. The lowest BCUT2D eigenvalue weighted by atomic mass is 10.0. The van der Waals surface area contributed by atoms with Gasteiger partial charge in [-0.2, -0.15) is 5.10 Å². The molecule has 0 amide bonds. The molecular weight excluding hydrogens is 503 g/mol. The zero-order valence-corrected chi connectivity index (χ0v) is 20.2. The van der Waals surface area contributed by atoms with Crippen LogP contribution in [0.4, 0.5) is 0 Å². The average molecular weight is 532 g/mol. The summed E-state index contributed by atoms with van der Waals surface area (Å²) in [6, 6.07) is 16.7. The van der Waals surface area contributed by atoms with Crippen molar-refractivity contribution in [1.29, 1.82) is 0 Å². The first-order valence-electron chi connectivity index (χ1n) is 10.4. The van der Waals surface area contributed by atoms with Crippen LogP contribution in [-0.4, -0.2) is 52.3 Å². The van der Waals surface area contributed by atoms with Crippen molar-refractivity contribution in [3.63, 3.8) is 0 Å². The molecule has 2 heterocycles. The summed E-state index contributed by atoms with van der Waals surface area (Å²) in [6.45, 7) is 7.95. The predicted molar refractivity (Wildman–Crippen MR) is 133 cm³/mol. The Labute approximate surface area is 200 Å². The molecule has 0 bridgehead atoms. The lowest BCUT2D eigenvalue weighted by Gasteiger charge is -2.35.